The molecule has 9 heteroatoms. The van der Waals surface area contributed by atoms with Crippen LogP contribution in [0.15, 0.2) is 12.4 Å². The quantitative estimate of drug-likeness (QED) is 0.487. The fourth-order valence-electron chi connectivity index (χ4n) is 1.54. The Kier molecular flexibility index (Phi) is 5.51. The van der Waals surface area contributed by atoms with Crippen LogP contribution in [0.2, 0.25) is 0 Å². The lowest BCUT2D eigenvalue weighted by Crippen LogP contribution is -2.48. The van der Waals surface area contributed by atoms with Gasteiger partial charge in [-0.25, -0.2) is 14.6 Å². The number of primary amides is 1. The standard InChI is InChI=1S/C11H17N5O4/c1-16-5-4-13-9(16)2-3-14-11(20)15-7(10(18)19)6-8(12)17/h4-5,7H,2-3,6H2,1H3,(H2,12,17)(H,18,19)(H2,14,15,20). The third kappa shape index (κ3) is 4.96. The Morgan fingerprint density at radius 3 is 2.70 bits per heavy atom. The number of nitrogens with two attached hydrogens (primary N) is 1. The lowest BCUT2D eigenvalue weighted by atomic mass is 10.2. The van der Waals surface area contributed by atoms with Crippen molar-refractivity contribution >= 4 is 17.9 Å². The number of carbonyl (C=O) groups is 3. The number of aromatic nitrogens is 2. The summed E-state index contributed by atoms with van der Waals surface area (Å²) in [7, 11) is 1.83. The van der Waals surface area contributed by atoms with Crippen molar-refractivity contribution in [3.05, 3.63) is 18.2 Å². The van der Waals surface area contributed by atoms with Crippen molar-refractivity contribution in [2.45, 2.75) is 18.9 Å². The normalized spacial score (nSPS) is 11.7. The maximum Gasteiger partial charge on any atom is 0.326 e. The average molecular weight is 283 g/mol. The van der Waals surface area contributed by atoms with Gasteiger partial charge in [0.2, 0.25) is 5.91 Å². The Balaban J connectivity index is 2.36. The number of hydrogen-bond acceptors (Lipinski definition) is 4. The van der Waals surface area contributed by atoms with Crippen molar-refractivity contribution in [2.75, 3.05) is 6.54 Å². The molecule has 5 N–H and O–H groups in total. The van der Waals surface area contributed by atoms with Crippen LogP contribution in [0.5, 0.6) is 0 Å². The predicted molar refractivity (Wildman–Crippen MR) is 68.7 cm³/mol. The Hall–Kier alpha value is -2.58. The molecular formula is C11H17N5O4. The van der Waals surface area contributed by atoms with E-state index in [-0.39, 0.29) is 0 Å². The predicted octanol–water partition coefficient (Wildman–Crippen LogP) is -1.41. The fraction of sp³-hybridized carbons (Fsp3) is 0.455. The average Bonchev–Trinajstić information content (AvgIpc) is 2.73. The number of nitrogens with one attached hydrogen (secondary N) is 2. The first-order valence-corrected chi connectivity index (χ1v) is 5.92. The summed E-state index contributed by atoms with van der Waals surface area (Å²) in [5.74, 6) is -1.33. The van der Waals surface area contributed by atoms with Crippen LogP contribution in [0.25, 0.3) is 0 Å². The summed E-state index contributed by atoms with van der Waals surface area (Å²) in [6, 6.07) is -2.01. The zero-order chi connectivity index (χ0) is 15.1. The van der Waals surface area contributed by atoms with Crippen LogP contribution in [0, 0.1) is 0 Å². The Labute approximate surface area is 115 Å². The van der Waals surface area contributed by atoms with E-state index in [0.717, 1.165) is 5.82 Å². The molecule has 20 heavy (non-hydrogen) atoms. The van der Waals surface area contributed by atoms with Gasteiger partial charge in [-0.1, -0.05) is 0 Å². The Morgan fingerprint density at radius 2 is 2.20 bits per heavy atom. The molecule has 3 amide bonds. The van der Waals surface area contributed by atoms with Gasteiger partial charge in [-0.15, -0.1) is 0 Å². The number of carboxylic acids is 1. The van der Waals surface area contributed by atoms with E-state index in [2.05, 4.69) is 15.6 Å². The number of carbonyl (C=O) groups excluding carboxylic acids is 2. The third-order valence-corrected chi connectivity index (χ3v) is 2.56. The van der Waals surface area contributed by atoms with Gasteiger partial charge in [0.1, 0.15) is 11.9 Å². The van der Waals surface area contributed by atoms with Gasteiger partial charge in [0.15, 0.2) is 0 Å². The number of aliphatic carboxylic acids is 1. The fourth-order valence-corrected chi connectivity index (χ4v) is 1.54. The molecule has 0 fully saturated rings. The minimum Gasteiger partial charge on any atom is -0.480 e. The van der Waals surface area contributed by atoms with Crippen LogP contribution in [0.4, 0.5) is 4.79 Å². The summed E-state index contributed by atoms with van der Waals surface area (Å²) in [6.07, 6.45) is 3.47. The van der Waals surface area contributed by atoms with Crippen molar-refractivity contribution in [1.29, 1.82) is 0 Å². The minimum atomic E-state index is -1.33. The van der Waals surface area contributed by atoms with Crippen LogP contribution in [-0.2, 0) is 23.1 Å². The number of hydrogen-bond donors (Lipinski definition) is 4. The molecule has 0 saturated heterocycles. The highest BCUT2D eigenvalue weighted by molar-refractivity contribution is 5.87. The van der Waals surface area contributed by atoms with E-state index in [1.165, 1.54) is 0 Å². The van der Waals surface area contributed by atoms with E-state index >= 15 is 0 Å². The first-order chi connectivity index (χ1) is 9.40. The SMILES string of the molecule is Cn1ccnc1CCNC(=O)NC(CC(N)=O)C(=O)O. The van der Waals surface area contributed by atoms with Crippen molar-refractivity contribution in [2.24, 2.45) is 12.8 Å². The molecule has 0 aliphatic carbocycles. The molecule has 1 heterocycles. The maximum atomic E-state index is 11.5. The highest BCUT2D eigenvalue weighted by Gasteiger charge is 2.21. The van der Waals surface area contributed by atoms with E-state index in [9.17, 15) is 14.4 Å². The summed E-state index contributed by atoms with van der Waals surface area (Å²) in [5, 5.41) is 13.5. The minimum absolute atomic E-state index is 0.291. The van der Waals surface area contributed by atoms with Gasteiger partial charge in [-0.2, -0.15) is 0 Å². The van der Waals surface area contributed by atoms with Crippen LogP contribution in [0.3, 0.4) is 0 Å². The van der Waals surface area contributed by atoms with E-state index in [0.29, 0.717) is 13.0 Å². The molecular weight excluding hydrogens is 266 g/mol. The summed E-state index contributed by atoms with van der Waals surface area (Å²) in [6.45, 7) is 0.291. The van der Waals surface area contributed by atoms with Crippen molar-refractivity contribution in [3.63, 3.8) is 0 Å². The summed E-state index contributed by atoms with van der Waals surface area (Å²) in [4.78, 5) is 37.1. The van der Waals surface area contributed by atoms with Gasteiger partial charge in [0.05, 0.1) is 6.42 Å². The number of imidazole rings is 1. The zero-order valence-corrected chi connectivity index (χ0v) is 11.0. The second-order valence-electron chi connectivity index (χ2n) is 4.17. The Morgan fingerprint density at radius 1 is 1.50 bits per heavy atom. The number of aryl methyl sites for hydroxylation is 1. The molecule has 0 aliphatic rings. The van der Waals surface area contributed by atoms with E-state index in [1.54, 1.807) is 12.4 Å². The maximum absolute atomic E-state index is 11.5. The highest BCUT2D eigenvalue weighted by Crippen LogP contribution is 1.95. The third-order valence-electron chi connectivity index (χ3n) is 2.56. The second kappa shape index (κ2) is 7.12. The number of urea groups is 1. The van der Waals surface area contributed by atoms with E-state index in [1.807, 2.05) is 11.6 Å². The number of carboxylic acid groups (broad SMARTS) is 1. The molecule has 1 aromatic heterocycles. The van der Waals surface area contributed by atoms with Gasteiger partial charge in [-0.3, -0.25) is 4.79 Å². The molecule has 0 aliphatic heterocycles. The number of nitrogens with zero attached hydrogens (tertiary/aromatic N) is 2. The molecule has 0 spiro atoms. The number of amides is 3. The van der Waals surface area contributed by atoms with Gasteiger partial charge in [0, 0.05) is 32.4 Å². The summed E-state index contributed by atoms with van der Waals surface area (Å²) >= 11 is 0. The van der Waals surface area contributed by atoms with Gasteiger partial charge < -0.3 is 26.0 Å². The monoisotopic (exact) mass is 283 g/mol. The van der Waals surface area contributed by atoms with Crippen LogP contribution in [-0.4, -0.2) is 45.2 Å². The molecule has 0 bridgehead atoms. The molecule has 1 rings (SSSR count). The molecule has 1 unspecified atom stereocenters. The molecule has 1 atom stereocenters. The van der Waals surface area contributed by atoms with Crippen molar-refractivity contribution in [1.82, 2.24) is 20.2 Å². The first-order valence-electron chi connectivity index (χ1n) is 5.92. The summed E-state index contributed by atoms with van der Waals surface area (Å²) < 4.78 is 1.81. The topological polar surface area (TPSA) is 139 Å². The van der Waals surface area contributed by atoms with Crippen LogP contribution in [0.1, 0.15) is 12.2 Å². The van der Waals surface area contributed by atoms with E-state index in [4.69, 9.17) is 10.8 Å². The Bertz CT molecular complexity index is 499. The van der Waals surface area contributed by atoms with Gasteiger partial charge in [0.25, 0.3) is 0 Å². The molecule has 9 nitrogen and oxygen atoms in total. The zero-order valence-electron chi connectivity index (χ0n) is 11.0. The molecule has 0 aromatic carbocycles. The lowest BCUT2D eigenvalue weighted by molar-refractivity contribution is -0.140. The smallest absolute Gasteiger partial charge is 0.326 e. The number of rotatable bonds is 7. The molecule has 1 aromatic rings. The largest absolute Gasteiger partial charge is 0.480 e. The molecule has 0 saturated carbocycles. The van der Waals surface area contributed by atoms with Gasteiger partial charge in [-0.05, 0) is 0 Å². The van der Waals surface area contributed by atoms with Crippen molar-refractivity contribution in [3.8, 4) is 0 Å². The first kappa shape index (κ1) is 15.5. The molecule has 0 radical (unpaired) electrons. The summed E-state index contributed by atoms with van der Waals surface area (Å²) in [5.41, 5.74) is 4.90. The lowest BCUT2D eigenvalue weighted by Gasteiger charge is -2.13. The van der Waals surface area contributed by atoms with Crippen LogP contribution < -0.4 is 16.4 Å². The van der Waals surface area contributed by atoms with Crippen molar-refractivity contribution < 1.29 is 19.5 Å². The highest BCUT2D eigenvalue weighted by atomic mass is 16.4. The van der Waals surface area contributed by atoms with E-state index < -0.39 is 30.4 Å². The van der Waals surface area contributed by atoms with Gasteiger partial charge >= 0.3 is 12.0 Å². The second-order valence-corrected chi connectivity index (χ2v) is 4.17. The molecule has 110 valence electrons. The van der Waals surface area contributed by atoms with Crippen LogP contribution >= 0.6 is 0 Å².